The topological polar surface area (TPSA) is 105 Å². The van der Waals surface area contributed by atoms with Crippen molar-refractivity contribution in [3.8, 4) is 0 Å². The molecule has 1 amide bonds. The number of benzene rings is 1. The molecule has 0 heterocycles. The Hall–Kier alpha value is -3.09. The van der Waals surface area contributed by atoms with Gasteiger partial charge in [-0.05, 0) is 44.4 Å². The van der Waals surface area contributed by atoms with Gasteiger partial charge in [0.1, 0.15) is 12.7 Å². The van der Waals surface area contributed by atoms with E-state index in [2.05, 4.69) is 13.2 Å². The molecule has 2 atom stereocenters. The minimum Gasteiger partial charge on any atom is -0.458 e. The molecule has 0 saturated carbocycles. The summed E-state index contributed by atoms with van der Waals surface area (Å²) in [6.45, 7) is 13.6. The number of ether oxygens (including phenoxy) is 3. The molecular formula is C21H27NO6. The lowest BCUT2D eigenvalue weighted by molar-refractivity contribution is -0.156. The summed E-state index contributed by atoms with van der Waals surface area (Å²) in [5.41, 5.74) is 8.49. The molecule has 2 N–H and O–H groups in total. The number of aryl methyl sites for hydroxylation is 1. The highest BCUT2D eigenvalue weighted by atomic mass is 16.6. The summed E-state index contributed by atoms with van der Waals surface area (Å²) < 4.78 is 15.7. The van der Waals surface area contributed by atoms with Gasteiger partial charge in [0.2, 0.25) is 0 Å². The van der Waals surface area contributed by atoms with E-state index < -0.39 is 30.2 Å². The number of carbonyl (C=O) groups excluding carboxylic acids is 3. The third-order valence-corrected chi connectivity index (χ3v) is 4.15. The first kappa shape index (κ1) is 23.0. The normalized spacial score (nSPS) is 12.4. The minimum atomic E-state index is -1.09. The largest absolute Gasteiger partial charge is 0.458 e. The zero-order valence-electron chi connectivity index (χ0n) is 16.7. The zero-order valence-corrected chi connectivity index (χ0v) is 16.7. The molecule has 2 unspecified atom stereocenters. The van der Waals surface area contributed by atoms with Crippen LogP contribution >= 0.6 is 0 Å². The van der Waals surface area contributed by atoms with E-state index in [4.69, 9.17) is 19.9 Å². The number of rotatable bonds is 9. The van der Waals surface area contributed by atoms with Crippen LogP contribution < -0.4 is 5.73 Å². The second-order valence-electron chi connectivity index (χ2n) is 6.64. The van der Waals surface area contributed by atoms with Gasteiger partial charge in [-0.15, -0.1) is 0 Å². The van der Waals surface area contributed by atoms with Gasteiger partial charge in [-0.2, -0.15) is 0 Å². The van der Waals surface area contributed by atoms with Crippen LogP contribution in [0.15, 0.2) is 42.5 Å². The first-order chi connectivity index (χ1) is 13.0. The van der Waals surface area contributed by atoms with Crippen molar-refractivity contribution in [3.05, 3.63) is 59.2 Å². The maximum absolute atomic E-state index is 12.1. The van der Waals surface area contributed by atoms with E-state index >= 15 is 0 Å². The number of primary amides is 1. The van der Waals surface area contributed by atoms with Crippen molar-refractivity contribution in [1.29, 1.82) is 0 Å². The van der Waals surface area contributed by atoms with Crippen molar-refractivity contribution >= 4 is 18.0 Å². The van der Waals surface area contributed by atoms with Gasteiger partial charge in [0.25, 0.3) is 0 Å². The van der Waals surface area contributed by atoms with E-state index in [-0.39, 0.29) is 24.2 Å². The van der Waals surface area contributed by atoms with E-state index in [0.29, 0.717) is 0 Å². The van der Waals surface area contributed by atoms with Crippen LogP contribution in [0.4, 0.5) is 4.79 Å². The van der Waals surface area contributed by atoms with Crippen LogP contribution in [0, 0.1) is 13.8 Å². The predicted octanol–water partition coefficient (Wildman–Crippen LogP) is 2.92. The number of hydrogen-bond donors (Lipinski definition) is 1. The summed E-state index contributed by atoms with van der Waals surface area (Å²) in [7, 11) is 0. The van der Waals surface area contributed by atoms with Gasteiger partial charge in [0.05, 0.1) is 0 Å². The van der Waals surface area contributed by atoms with Crippen molar-refractivity contribution in [2.24, 2.45) is 5.73 Å². The predicted molar refractivity (Wildman–Crippen MR) is 105 cm³/mol. The lowest BCUT2D eigenvalue weighted by Crippen LogP contribution is -2.42. The molecule has 1 rings (SSSR count). The van der Waals surface area contributed by atoms with Crippen LogP contribution in [0.3, 0.4) is 0 Å². The summed E-state index contributed by atoms with van der Waals surface area (Å²) >= 11 is 0. The Morgan fingerprint density at radius 1 is 1.00 bits per heavy atom. The molecule has 0 aliphatic heterocycles. The third kappa shape index (κ3) is 6.90. The number of nitrogens with two attached hydrogens (primary N) is 1. The Bertz CT molecular complexity index is 783. The molecule has 7 heteroatoms. The smallest absolute Gasteiger partial charge is 0.405 e. The van der Waals surface area contributed by atoms with Gasteiger partial charge in [-0.3, -0.25) is 0 Å². The molecule has 28 heavy (non-hydrogen) atoms. The highest BCUT2D eigenvalue weighted by molar-refractivity contribution is 5.87. The Morgan fingerprint density at radius 2 is 1.61 bits per heavy atom. The SMILES string of the molecule is C=C(C)C(=O)OCC(OC(N)=O)C(Cc1cccc(C)c1C)OC(=O)C(=C)C. The van der Waals surface area contributed by atoms with Crippen molar-refractivity contribution in [3.63, 3.8) is 0 Å². The third-order valence-electron chi connectivity index (χ3n) is 4.15. The molecule has 0 fully saturated rings. The molecule has 0 aromatic heterocycles. The van der Waals surface area contributed by atoms with E-state index in [0.717, 1.165) is 16.7 Å². The first-order valence-corrected chi connectivity index (χ1v) is 8.73. The highest BCUT2D eigenvalue weighted by Gasteiger charge is 2.31. The van der Waals surface area contributed by atoms with Crippen molar-refractivity contribution in [1.82, 2.24) is 0 Å². The average Bonchev–Trinajstić information content (AvgIpc) is 2.60. The summed E-state index contributed by atoms with van der Waals surface area (Å²) in [6.07, 6.45) is -2.87. The second-order valence-corrected chi connectivity index (χ2v) is 6.64. The fourth-order valence-corrected chi connectivity index (χ4v) is 2.38. The van der Waals surface area contributed by atoms with Crippen LogP contribution in [0.2, 0.25) is 0 Å². The average molecular weight is 389 g/mol. The number of carbonyl (C=O) groups is 3. The Labute approximate surface area is 165 Å². The van der Waals surface area contributed by atoms with Crippen LogP contribution in [0.5, 0.6) is 0 Å². The van der Waals surface area contributed by atoms with Gasteiger partial charge in [0.15, 0.2) is 6.10 Å². The van der Waals surface area contributed by atoms with Gasteiger partial charge in [-0.1, -0.05) is 31.4 Å². The van der Waals surface area contributed by atoms with E-state index in [9.17, 15) is 14.4 Å². The van der Waals surface area contributed by atoms with Gasteiger partial charge >= 0.3 is 18.0 Å². The van der Waals surface area contributed by atoms with Crippen molar-refractivity contribution in [2.45, 2.75) is 46.3 Å². The molecule has 0 aliphatic rings. The Morgan fingerprint density at radius 3 is 2.14 bits per heavy atom. The molecule has 1 aromatic carbocycles. The Balaban J connectivity index is 3.17. The van der Waals surface area contributed by atoms with Crippen LogP contribution in [0.1, 0.15) is 30.5 Å². The molecule has 0 aliphatic carbocycles. The molecule has 0 bridgehead atoms. The highest BCUT2D eigenvalue weighted by Crippen LogP contribution is 2.20. The number of amides is 1. The zero-order chi connectivity index (χ0) is 21.4. The molecular weight excluding hydrogens is 362 g/mol. The maximum atomic E-state index is 12.1. The first-order valence-electron chi connectivity index (χ1n) is 8.73. The fraction of sp³-hybridized carbons (Fsp3) is 0.381. The monoisotopic (exact) mass is 389 g/mol. The van der Waals surface area contributed by atoms with E-state index in [1.807, 2.05) is 32.0 Å². The lowest BCUT2D eigenvalue weighted by atomic mass is 9.96. The molecule has 0 saturated heterocycles. The number of hydrogen-bond acceptors (Lipinski definition) is 6. The second kappa shape index (κ2) is 10.3. The van der Waals surface area contributed by atoms with Gasteiger partial charge < -0.3 is 19.9 Å². The molecule has 0 spiro atoms. The summed E-state index contributed by atoms with van der Waals surface area (Å²) in [5, 5.41) is 0. The molecule has 7 nitrogen and oxygen atoms in total. The quantitative estimate of drug-likeness (QED) is 0.395. The maximum Gasteiger partial charge on any atom is 0.405 e. The van der Waals surface area contributed by atoms with E-state index in [1.54, 1.807) is 0 Å². The van der Waals surface area contributed by atoms with Crippen LogP contribution in [-0.4, -0.2) is 36.8 Å². The van der Waals surface area contributed by atoms with Crippen molar-refractivity contribution in [2.75, 3.05) is 6.61 Å². The summed E-state index contributed by atoms with van der Waals surface area (Å²) in [6, 6.07) is 5.71. The minimum absolute atomic E-state index is 0.183. The van der Waals surface area contributed by atoms with E-state index in [1.165, 1.54) is 13.8 Å². The molecule has 0 radical (unpaired) electrons. The Kier molecular flexibility index (Phi) is 8.44. The lowest BCUT2D eigenvalue weighted by Gasteiger charge is -2.27. The summed E-state index contributed by atoms with van der Waals surface area (Å²) in [4.78, 5) is 35.2. The molecule has 1 aromatic rings. The van der Waals surface area contributed by atoms with Crippen LogP contribution in [-0.2, 0) is 30.2 Å². The number of esters is 2. The van der Waals surface area contributed by atoms with Gasteiger partial charge in [-0.25, -0.2) is 14.4 Å². The molecule has 152 valence electrons. The van der Waals surface area contributed by atoms with Crippen LogP contribution in [0.25, 0.3) is 0 Å². The van der Waals surface area contributed by atoms with Crippen molar-refractivity contribution < 1.29 is 28.6 Å². The summed E-state index contributed by atoms with van der Waals surface area (Å²) in [5.74, 6) is -1.31. The van der Waals surface area contributed by atoms with Gasteiger partial charge in [0, 0.05) is 17.6 Å². The fourth-order valence-electron chi connectivity index (χ4n) is 2.38. The standard InChI is InChI=1S/C21H27NO6/c1-12(2)19(23)26-11-18(28-21(22)25)17(27-20(24)13(3)4)10-16-9-7-8-14(5)15(16)6/h7-9,17-18H,1,3,10-11H2,2,4-6H3,(H2,22,25).